The standard InChI is InChI=1S/C17H11Cl2F3N4O2/c1-9-5-14(28-15-13(19)6-10(8-23-15)17(20,21)22)25-26(9)16(27)24-12-4-2-3-11(18)7-12/h2-8H,1H3,(H,24,27). The molecule has 1 N–H and O–H groups in total. The van der Waals surface area contributed by atoms with E-state index in [1.807, 2.05) is 0 Å². The molecule has 0 saturated carbocycles. The lowest BCUT2D eigenvalue weighted by Gasteiger charge is -2.08. The maximum atomic E-state index is 12.7. The molecule has 0 aliphatic carbocycles. The molecule has 0 atom stereocenters. The molecule has 0 unspecified atom stereocenters. The number of nitrogens with zero attached hydrogens (tertiary/aromatic N) is 3. The second kappa shape index (κ2) is 7.69. The zero-order valence-electron chi connectivity index (χ0n) is 14.1. The number of nitrogens with one attached hydrogen (secondary N) is 1. The predicted molar refractivity (Wildman–Crippen MR) is 97.2 cm³/mol. The molecule has 11 heteroatoms. The molecule has 0 radical (unpaired) electrons. The molecule has 0 aliphatic rings. The van der Waals surface area contributed by atoms with Crippen LogP contribution in [0.2, 0.25) is 10.0 Å². The Hall–Kier alpha value is -2.78. The Bertz CT molecular complexity index is 1040. The van der Waals surface area contributed by atoms with Gasteiger partial charge in [0.15, 0.2) is 0 Å². The number of anilines is 1. The van der Waals surface area contributed by atoms with E-state index in [-0.39, 0.29) is 16.8 Å². The maximum Gasteiger partial charge on any atom is 0.417 e. The van der Waals surface area contributed by atoms with Crippen molar-refractivity contribution in [1.29, 1.82) is 0 Å². The van der Waals surface area contributed by atoms with Crippen LogP contribution in [0.3, 0.4) is 0 Å². The highest BCUT2D eigenvalue weighted by Gasteiger charge is 2.32. The lowest BCUT2D eigenvalue weighted by Crippen LogP contribution is -2.21. The molecule has 0 saturated heterocycles. The van der Waals surface area contributed by atoms with Crippen molar-refractivity contribution in [3.05, 3.63) is 63.9 Å². The van der Waals surface area contributed by atoms with Gasteiger partial charge in [0.05, 0.1) is 11.3 Å². The van der Waals surface area contributed by atoms with Crippen molar-refractivity contribution >= 4 is 34.9 Å². The average molecular weight is 431 g/mol. The summed E-state index contributed by atoms with van der Waals surface area (Å²) in [6.45, 7) is 1.60. The van der Waals surface area contributed by atoms with E-state index in [1.165, 1.54) is 6.07 Å². The first-order valence-corrected chi connectivity index (χ1v) is 8.43. The van der Waals surface area contributed by atoms with Crippen LogP contribution in [-0.2, 0) is 6.18 Å². The number of ether oxygens (including phenoxy) is 1. The Morgan fingerprint density at radius 3 is 2.61 bits per heavy atom. The van der Waals surface area contributed by atoms with Crippen LogP contribution in [0.15, 0.2) is 42.6 Å². The Kier molecular flexibility index (Phi) is 5.48. The lowest BCUT2D eigenvalue weighted by atomic mass is 10.3. The first-order valence-electron chi connectivity index (χ1n) is 7.67. The van der Waals surface area contributed by atoms with Crippen molar-refractivity contribution in [2.45, 2.75) is 13.1 Å². The van der Waals surface area contributed by atoms with Crippen LogP contribution in [0.25, 0.3) is 0 Å². The van der Waals surface area contributed by atoms with Gasteiger partial charge in [-0.2, -0.15) is 17.9 Å². The van der Waals surface area contributed by atoms with Crippen molar-refractivity contribution in [3.63, 3.8) is 0 Å². The number of hydrogen-bond donors (Lipinski definition) is 1. The van der Waals surface area contributed by atoms with Gasteiger partial charge in [-0.1, -0.05) is 29.3 Å². The quantitative estimate of drug-likeness (QED) is 0.571. The van der Waals surface area contributed by atoms with Crippen molar-refractivity contribution in [2.24, 2.45) is 0 Å². The molecular weight excluding hydrogens is 420 g/mol. The first-order chi connectivity index (χ1) is 13.1. The van der Waals surface area contributed by atoms with Gasteiger partial charge in [0.25, 0.3) is 0 Å². The first kappa shape index (κ1) is 20.0. The second-order valence-electron chi connectivity index (χ2n) is 5.59. The molecule has 3 aromatic rings. The molecule has 0 fully saturated rings. The summed E-state index contributed by atoms with van der Waals surface area (Å²) in [5.41, 5.74) is -0.132. The molecule has 28 heavy (non-hydrogen) atoms. The molecule has 0 aliphatic heterocycles. The number of hydrogen-bond acceptors (Lipinski definition) is 4. The minimum absolute atomic E-state index is 0.0621. The predicted octanol–water partition coefficient (Wildman–Crippen LogP) is 5.78. The number of benzene rings is 1. The number of pyridine rings is 1. The summed E-state index contributed by atoms with van der Waals surface area (Å²) < 4.78 is 44.3. The second-order valence-corrected chi connectivity index (χ2v) is 6.43. The normalized spacial score (nSPS) is 11.4. The fourth-order valence-corrected chi connectivity index (χ4v) is 2.59. The third-order valence-electron chi connectivity index (χ3n) is 3.47. The topological polar surface area (TPSA) is 69.0 Å². The molecule has 146 valence electrons. The molecule has 0 spiro atoms. The highest BCUT2D eigenvalue weighted by atomic mass is 35.5. The fraction of sp³-hybridized carbons (Fsp3) is 0.118. The zero-order chi connectivity index (χ0) is 20.5. The third kappa shape index (κ3) is 4.55. The summed E-state index contributed by atoms with van der Waals surface area (Å²) >= 11 is 11.7. The Balaban J connectivity index is 1.78. The minimum Gasteiger partial charge on any atom is -0.417 e. The van der Waals surface area contributed by atoms with Crippen molar-refractivity contribution in [1.82, 2.24) is 14.8 Å². The summed E-state index contributed by atoms with van der Waals surface area (Å²) in [5, 5.41) is 6.68. The number of halogens is 5. The number of amides is 1. The molecule has 6 nitrogen and oxygen atoms in total. The lowest BCUT2D eigenvalue weighted by molar-refractivity contribution is -0.137. The number of aryl methyl sites for hydroxylation is 1. The van der Waals surface area contributed by atoms with E-state index in [4.69, 9.17) is 27.9 Å². The Labute approximate surface area is 166 Å². The van der Waals surface area contributed by atoms with Crippen molar-refractivity contribution in [3.8, 4) is 11.8 Å². The maximum absolute atomic E-state index is 12.7. The van der Waals surface area contributed by atoms with E-state index in [9.17, 15) is 18.0 Å². The number of rotatable bonds is 3. The van der Waals surface area contributed by atoms with Crippen LogP contribution in [0.5, 0.6) is 11.8 Å². The Morgan fingerprint density at radius 1 is 1.21 bits per heavy atom. The van der Waals surface area contributed by atoms with E-state index in [1.54, 1.807) is 31.2 Å². The number of alkyl halides is 3. The third-order valence-corrected chi connectivity index (χ3v) is 3.98. The van der Waals surface area contributed by atoms with E-state index in [0.29, 0.717) is 28.7 Å². The average Bonchev–Trinajstić information content (AvgIpc) is 2.96. The molecule has 1 aromatic carbocycles. The van der Waals surface area contributed by atoms with E-state index in [2.05, 4.69) is 15.4 Å². The summed E-state index contributed by atoms with van der Waals surface area (Å²) in [6, 6.07) is 8.05. The monoisotopic (exact) mass is 430 g/mol. The van der Waals surface area contributed by atoms with Gasteiger partial charge in [-0.25, -0.2) is 9.78 Å². The molecule has 2 heterocycles. The summed E-state index contributed by atoms with van der Waals surface area (Å²) in [6.07, 6.45) is -3.98. The van der Waals surface area contributed by atoms with Gasteiger partial charge in [-0.05, 0) is 31.2 Å². The van der Waals surface area contributed by atoms with Crippen LogP contribution in [0.1, 0.15) is 11.3 Å². The van der Waals surface area contributed by atoms with Crippen molar-refractivity contribution < 1.29 is 22.7 Å². The number of aromatic nitrogens is 3. The summed E-state index contributed by atoms with van der Waals surface area (Å²) in [5.74, 6) is -0.331. The molecule has 0 bridgehead atoms. The van der Waals surface area contributed by atoms with Gasteiger partial charge in [-0.3, -0.25) is 0 Å². The summed E-state index contributed by atoms with van der Waals surface area (Å²) in [7, 11) is 0. The molecule has 2 aromatic heterocycles. The van der Waals surface area contributed by atoms with E-state index >= 15 is 0 Å². The molecular formula is C17H11Cl2F3N4O2. The Morgan fingerprint density at radius 2 is 1.96 bits per heavy atom. The zero-order valence-corrected chi connectivity index (χ0v) is 15.6. The van der Waals surface area contributed by atoms with Crippen LogP contribution in [0, 0.1) is 6.92 Å². The van der Waals surface area contributed by atoms with Crippen LogP contribution in [0.4, 0.5) is 23.7 Å². The van der Waals surface area contributed by atoms with Crippen LogP contribution in [-0.4, -0.2) is 20.8 Å². The number of carbonyl (C=O) groups is 1. The van der Waals surface area contributed by atoms with E-state index < -0.39 is 17.8 Å². The number of carbonyl (C=O) groups excluding carboxylic acids is 1. The van der Waals surface area contributed by atoms with Gasteiger partial charge in [0, 0.05) is 23.0 Å². The van der Waals surface area contributed by atoms with E-state index in [0.717, 1.165) is 4.68 Å². The van der Waals surface area contributed by atoms with Crippen LogP contribution >= 0.6 is 23.2 Å². The smallest absolute Gasteiger partial charge is 0.417 e. The van der Waals surface area contributed by atoms with Crippen LogP contribution < -0.4 is 10.1 Å². The SMILES string of the molecule is Cc1cc(Oc2ncc(C(F)(F)F)cc2Cl)nn1C(=O)Nc1cccc(Cl)c1. The highest BCUT2D eigenvalue weighted by molar-refractivity contribution is 6.32. The largest absolute Gasteiger partial charge is 0.417 e. The van der Waals surface area contributed by atoms with Gasteiger partial charge in [-0.15, -0.1) is 5.10 Å². The summed E-state index contributed by atoms with van der Waals surface area (Å²) in [4.78, 5) is 15.9. The highest BCUT2D eigenvalue weighted by Crippen LogP contribution is 2.34. The van der Waals surface area contributed by atoms with Gasteiger partial charge >= 0.3 is 12.2 Å². The van der Waals surface area contributed by atoms with Gasteiger partial charge < -0.3 is 10.1 Å². The van der Waals surface area contributed by atoms with Gasteiger partial charge in [0.1, 0.15) is 5.02 Å². The minimum atomic E-state index is -4.58. The van der Waals surface area contributed by atoms with Crippen molar-refractivity contribution in [2.75, 3.05) is 5.32 Å². The molecule has 1 amide bonds. The van der Waals surface area contributed by atoms with Gasteiger partial charge in [0.2, 0.25) is 11.8 Å². The molecule has 3 rings (SSSR count). The fourth-order valence-electron chi connectivity index (χ4n) is 2.20.